The average Bonchev–Trinajstić information content (AvgIpc) is 2.63. The van der Waals surface area contributed by atoms with Gasteiger partial charge in [0.05, 0.1) is 6.54 Å². The molecule has 1 amide bonds. The topological polar surface area (TPSA) is 64.0 Å². The average molecular weight is 361 g/mol. The van der Waals surface area contributed by atoms with Gasteiger partial charge in [0.2, 0.25) is 0 Å². The number of hydrogen-bond acceptors (Lipinski definition) is 3. The zero-order valence-electron chi connectivity index (χ0n) is 16.0. The van der Waals surface area contributed by atoms with Crippen LogP contribution in [0.1, 0.15) is 38.3 Å². The zero-order chi connectivity index (χ0) is 19.6. The van der Waals surface area contributed by atoms with Crippen molar-refractivity contribution in [2.75, 3.05) is 5.32 Å². The molecule has 1 aromatic heterocycles. The van der Waals surface area contributed by atoms with Crippen LogP contribution in [-0.2, 0) is 6.54 Å². The van der Waals surface area contributed by atoms with Gasteiger partial charge in [0.15, 0.2) is 0 Å². The molecule has 27 heavy (non-hydrogen) atoms. The van der Waals surface area contributed by atoms with E-state index in [1.165, 1.54) is 16.8 Å². The van der Waals surface area contributed by atoms with Crippen LogP contribution in [0, 0.1) is 27.7 Å². The number of nitrogens with one attached hydrogen (secondary N) is 1. The molecule has 2 aromatic carbocycles. The molecule has 1 N–H and O–H groups in total. The normalized spacial score (nSPS) is 10.7. The molecule has 0 fully saturated rings. The summed E-state index contributed by atoms with van der Waals surface area (Å²) < 4.78 is 1.33. The second kappa shape index (κ2) is 7.58. The molecule has 0 unspecified atom stereocenters. The molecule has 5 heteroatoms. The van der Waals surface area contributed by atoms with E-state index in [2.05, 4.69) is 10.4 Å². The van der Waals surface area contributed by atoms with Gasteiger partial charge in [-0.1, -0.05) is 29.8 Å². The molecule has 5 nitrogen and oxygen atoms in total. The first-order valence-corrected chi connectivity index (χ1v) is 8.86. The molecule has 0 radical (unpaired) electrons. The van der Waals surface area contributed by atoms with Crippen molar-refractivity contribution < 1.29 is 4.79 Å². The van der Waals surface area contributed by atoms with Crippen molar-refractivity contribution in [2.24, 2.45) is 0 Å². The Labute approximate surface area is 158 Å². The summed E-state index contributed by atoms with van der Waals surface area (Å²) in [6, 6.07) is 14.6. The lowest BCUT2D eigenvalue weighted by Gasteiger charge is -2.11. The second-order valence-corrected chi connectivity index (χ2v) is 6.90. The molecular formula is C22H23N3O2. The summed E-state index contributed by atoms with van der Waals surface area (Å²) in [7, 11) is 0. The van der Waals surface area contributed by atoms with E-state index in [-0.39, 0.29) is 17.2 Å². The van der Waals surface area contributed by atoms with E-state index in [0.717, 1.165) is 27.8 Å². The summed E-state index contributed by atoms with van der Waals surface area (Å²) in [5, 5.41) is 7.11. The fraction of sp³-hybridized carbons (Fsp3) is 0.227. The maximum atomic E-state index is 12.6. The molecule has 138 valence electrons. The van der Waals surface area contributed by atoms with Crippen LogP contribution in [0.3, 0.4) is 0 Å². The van der Waals surface area contributed by atoms with Gasteiger partial charge in [-0.2, -0.15) is 5.10 Å². The van der Waals surface area contributed by atoms with Crippen molar-refractivity contribution in [3.63, 3.8) is 0 Å². The van der Waals surface area contributed by atoms with Crippen molar-refractivity contribution in [3.05, 3.63) is 92.4 Å². The van der Waals surface area contributed by atoms with E-state index in [4.69, 9.17) is 0 Å². The van der Waals surface area contributed by atoms with E-state index >= 15 is 0 Å². The van der Waals surface area contributed by atoms with Crippen LogP contribution < -0.4 is 10.9 Å². The number of hydrogen-bond donors (Lipinski definition) is 1. The third-order valence-corrected chi connectivity index (χ3v) is 4.69. The molecular weight excluding hydrogens is 338 g/mol. The van der Waals surface area contributed by atoms with Crippen molar-refractivity contribution in [1.82, 2.24) is 9.78 Å². The number of amides is 1. The van der Waals surface area contributed by atoms with Crippen LogP contribution in [0.5, 0.6) is 0 Å². The summed E-state index contributed by atoms with van der Waals surface area (Å²) >= 11 is 0. The Kier molecular flexibility index (Phi) is 5.21. The highest BCUT2D eigenvalue weighted by atomic mass is 16.2. The highest BCUT2D eigenvalue weighted by molar-refractivity contribution is 6.02. The lowest BCUT2D eigenvalue weighted by Crippen LogP contribution is -2.26. The van der Waals surface area contributed by atoms with Gasteiger partial charge in [0, 0.05) is 11.8 Å². The van der Waals surface area contributed by atoms with Crippen LogP contribution in [-0.4, -0.2) is 15.7 Å². The number of nitrogens with zero attached hydrogens (tertiary/aromatic N) is 2. The molecule has 3 rings (SSSR count). The number of carbonyl (C=O) groups excluding carboxylic acids is 1. The number of benzene rings is 2. The minimum absolute atomic E-state index is 0.207. The first kappa shape index (κ1) is 18.6. The molecule has 0 aliphatic heterocycles. The van der Waals surface area contributed by atoms with Gasteiger partial charge in [-0.05, 0) is 68.1 Å². The standard InChI is InChI=1S/C22H23N3O2/c1-14-5-6-16(3)18(11-14)13-25-21(26)10-9-20(24-25)22(27)23-19-8-7-15(2)17(4)12-19/h5-12H,13H2,1-4H3,(H,23,27). The van der Waals surface area contributed by atoms with Gasteiger partial charge in [-0.3, -0.25) is 9.59 Å². The number of rotatable bonds is 4. The Morgan fingerprint density at radius 3 is 2.41 bits per heavy atom. The minimum atomic E-state index is -0.340. The molecule has 0 aliphatic carbocycles. The van der Waals surface area contributed by atoms with Crippen LogP contribution in [0.2, 0.25) is 0 Å². The third kappa shape index (κ3) is 4.31. The van der Waals surface area contributed by atoms with Gasteiger partial charge >= 0.3 is 0 Å². The Balaban J connectivity index is 1.86. The Morgan fingerprint density at radius 1 is 0.926 bits per heavy atom. The predicted molar refractivity (Wildman–Crippen MR) is 107 cm³/mol. The third-order valence-electron chi connectivity index (χ3n) is 4.69. The molecule has 0 saturated carbocycles. The second-order valence-electron chi connectivity index (χ2n) is 6.90. The summed E-state index contributed by atoms with van der Waals surface area (Å²) in [5.74, 6) is -0.340. The van der Waals surface area contributed by atoms with Crippen LogP contribution in [0.15, 0.2) is 53.3 Å². The molecule has 0 bridgehead atoms. The van der Waals surface area contributed by atoms with E-state index in [9.17, 15) is 9.59 Å². The molecule has 0 spiro atoms. The van der Waals surface area contributed by atoms with Gasteiger partial charge in [-0.15, -0.1) is 0 Å². The van der Waals surface area contributed by atoms with Crippen LogP contribution in [0.25, 0.3) is 0 Å². The van der Waals surface area contributed by atoms with Gasteiger partial charge in [0.25, 0.3) is 11.5 Å². The Hall–Kier alpha value is -3.21. The van der Waals surface area contributed by atoms with Gasteiger partial charge in [0.1, 0.15) is 5.69 Å². The quantitative estimate of drug-likeness (QED) is 0.769. The van der Waals surface area contributed by atoms with E-state index in [0.29, 0.717) is 12.2 Å². The smallest absolute Gasteiger partial charge is 0.276 e. The fourth-order valence-corrected chi connectivity index (χ4v) is 2.83. The summed E-state index contributed by atoms with van der Waals surface area (Å²) in [5.41, 5.74) is 6.14. The Bertz CT molecular complexity index is 1070. The first-order valence-electron chi connectivity index (χ1n) is 8.86. The lowest BCUT2D eigenvalue weighted by atomic mass is 10.1. The summed E-state index contributed by atoms with van der Waals surface area (Å²) in [6.07, 6.45) is 0. The maximum Gasteiger partial charge on any atom is 0.276 e. The monoisotopic (exact) mass is 361 g/mol. The van der Waals surface area contributed by atoms with Crippen molar-refractivity contribution in [1.29, 1.82) is 0 Å². The van der Waals surface area contributed by atoms with E-state index in [1.807, 2.05) is 64.1 Å². The molecule has 1 heterocycles. The number of aryl methyl sites for hydroxylation is 4. The van der Waals surface area contributed by atoms with Crippen molar-refractivity contribution in [2.45, 2.75) is 34.2 Å². The summed E-state index contributed by atoms with van der Waals surface area (Å²) in [6.45, 7) is 8.35. The Morgan fingerprint density at radius 2 is 1.67 bits per heavy atom. The van der Waals surface area contributed by atoms with Gasteiger partial charge in [-0.25, -0.2) is 4.68 Å². The SMILES string of the molecule is Cc1ccc(C)c(Cn2nc(C(=O)Nc3ccc(C)c(C)c3)ccc2=O)c1. The number of carbonyl (C=O) groups is 1. The van der Waals surface area contributed by atoms with Crippen LogP contribution >= 0.6 is 0 Å². The number of anilines is 1. The predicted octanol–water partition coefficient (Wildman–Crippen LogP) is 3.78. The molecule has 0 atom stereocenters. The highest BCUT2D eigenvalue weighted by Gasteiger charge is 2.11. The van der Waals surface area contributed by atoms with Crippen molar-refractivity contribution in [3.8, 4) is 0 Å². The summed E-state index contributed by atoms with van der Waals surface area (Å²) in [4.78, 5) is 24.8. The van der Waals surface area contributed by atoms with Crippen molar-refractivity contribution >= 4 is 11.6 Å². The zero-order valence-corrected chi connectivity index (χ0v) is 16.0. The van der Waals surface area contributed by atoms with Crippen LogP contribution in [0.4, 0.5) is 5.69 Å². The maximum absolute atomic E-state index is 12.6. The van der Waals surface area contributed by atoms with E-state index in [1.54, 1.807) is 0 Å². The van der Waals surface area contributed by atoms with Gasteiger partial charge < -0.3 is 5.32 Å². The molecule has 3 aromatic rings. The number of aromatic nitrogens is 2. The minimum Gasteiger partial charge on any atom is -0.321 e. The van der Waals surface area contributed by atoms with E-state index < -0.39 is 0 Å². The molecule has 0 aliphatic rings. The highest BCUT2D eigenvalue weighted by Crippen LogP contribution is 2.15. The lowest BCUT2D eigenvalue weighted by molar-refractivity contribution is 0.102. The first-order chi connectivity index (χ1) is 12.8. The largest absolute Gasteiger partial charge is 0.321 e. The fourth-order valence-electron chi connectivity index (χ4n) is 2.83. The molecule has 0 saturated heterocycles.